The first-order valence-corrected chi connectivity index (χ1v) is 14.2. The van der Waals surface area contributed by atoms with Gasteiger partial charge in [0.15, 0.2) is 10.2 Å². The largest absolute Gasteiger partial charge is 0.481 e. The number of carbonyl (C=O) groups excluding carboxylic acids is 2. The first-order valence-electron chi connectivity index (χ1n) is 13.3. The minimum atomic E-state index is -4.39. The molecule has 0 aromatic heterocycles. The fourth-order valence-corrected chi connectivity index (χ4v) is 1.82. The zero-order chi connectivity index (χ0) is 35.1. The van der Waals surface area contributed by atoms with E-state index in [0.29, 0.717) is 31.6 Å². The van der Waals surface area contributed by atoms with Crippen LogP contribution in [0, 0.1) is 17.8 Å². The zero-order valence-electron chi connectivity index (χ0n) is 25.9. The lowest BCUT2D eigenvalue weighted by Gasteiger charge is -2.11. The lowest BCUT2D eigenvalue weighted by molar-refractivity contribution is -0.178. The van der Waals surface area contributed by atoms with Crippen molar-refractivity contribution in [2.75, 3.05) is 0 Å². The number of rotatable bonds is 12. The van der Waals surface area contributed by atoms with Crippen LogP contribution in [0.25, 0.3) is 0 Å². The van der Waals surface area contributed by atoms with Crippen LogP contribution in [0.15, 0.2) is 0 Å². The maximum Gasteiger partial charge on any atom is 0.392 e. The van der Waals surface area contributed by atoms with E-state index >= 15 is 0 Å². The molecule has 42 heavy (non-hydrogen) atoms. The maximum absolute atomic E-state index is 11.5. The van der Waals surface area contributed by atoms with Crippen molar-refractivity contribution in [2.45, 2.75) is 119 Å². The molecule has 0 fully saturated rings. The molecule has 0 bridgehead atoms. The van der Waals surface area contributed by atoms with Crippen molar-refractivity contribution in [2.24, 2.45) is 17.8 Å². The molecule has 0 saturated heterocycles. The van der Waals surface area contributed by atoms with Crippen molar-refractivity contribution in [3.63, 3.8) is 0 Å². The highest BCUT2D eigenvalue weighted by Crippen LogP contribution is 2.27. The van der Waals surface area contributed by atoms with Gasteiger partial charge in [0.1, 0.15) is 0 Å². The second-order valence-corrected chi connectivity index (χ2v) is 10.2. The van der Waals surface area contributed by atoms with Crippen LogP contribution in [0.5, 0.6) is 0 Å². The van der Waals surface area contributed by atoms with Crippen LogP contribution in [-0.4, -0.2) is 60.7 Å². The van der Waals surface area contributed by atoms with E-state index in [0.717, 1.165) is 26.2 Å². The predicted molar refractivity (Wildman–Crippen MR) is 162 cm³/mol. The summed E-state index contributed by atoms with van der Waals surface area (Å²) >= 11 is 7.00. The van der Waals surface area contributed by atoms with Crippen LogP contribution in [0.2, 0.25) is 0 Å². The van der Waals surface area contributed by atoms with Gasteiger partial charge in [-0.2, -0.15) is 13.2 Å². The van der Waals surface area contributed by atoms with Gasteiger partial charge in [-0.25, -0.2) is 0 Å². The number of thiol groups is 2. The number of carboxylic acid groups (broad SMARTS) is 4. The Morgan fingerprint density at radius 2 is 0.976 bits per heavy atom. The molecule has 0 rings (SSSR count). The smallest absolute Gasteiger partial charge is 0.392 e. The van der Waals surface area contributed by atoms with Crippen LogP contribution in [0.3, 0.4) is 0 Å². The van der Waals surface area contributed by atoms with E-state index < -0.39 is 42.4 Å². The molecule has 0 saturated carbocycles. The second kappa shape index (κ2) is 34.9. The van der Waals surface area contributed by atoms with Gasteiger partial charge in [0.05, 0.1) is 12.3 Å². The fourth-order valence-electron chi connectivity index (χ4n) is 1.60. The molecule has 0 amide bonds. The Kier molecular flexibility index (Phi) is 43.5. The molecule has 4 N–H and O–H groups in total. The Labute approximate surface area is 258 Å². The quantitative estimate of drug-likeness (QED) is 0.117. The maximum atomic E-state index is 11.5. The van der Waals surface area contributed by atoms with E-state index in [4.69, 9.17) is 20.4 Å². The molecule has 0 aliphatic rings. The summed E-state index contributed by atoms with van der Waals surface area (Å²) in [7, 11) is 0. The normalized spacial score (nSPS) is 10.9. The van der Waals surface area contributed by atoms with Gasteiger partial charge < -0.3 is 20.4 Å². The lowest BCUT2D eigenvalue weighted by atomic mass is 10.1. The van der Waals surface area contributed by atoms with Crippen molar-refractivity contribution in [1.29, 1.82) is 0 Å². The molecule has 2 unspecified atom stereocenters. The average molecular weight is 657 g/mol. The molecule has 0 spiro atoms. The molecule has 0 heterocycles. The Bertz CT molecular complexity index is 715. The molecule has 0 aliphatic heterocycles. The van der Waals surface area contributed by atoms with Crippen molar-refractivity contribution in [1.82, 2.24) is 0 Å². The number of hydrogen-bond donors (Lipinski definition) is 6. The van der Waals surface area contributed by atoms with Crippen LogP contribution in [-0.2, 0) is 28.8 Å². The Morgan fingerprint density at radius 1 is 0.619 bits per heavy atom. The van der Waals surface area contributed by atoms with Gasteiger partial charge in [0, 0.05) is 32.1 Å². The number of aliphatic carboxylic acids is 4. The molecule has 0 radical (unpaired) electrons. The van der Waals surface area contributed by atoms with Gasteiger partial charge in [0.25, 0.3) is 0 Å². The molecule has 2 atom stereocenters. The summed E-state index contributed by atoms with van der Waals surface area (Å²) in [5.74, 6) is -4.70. The van der Waals surface area contributed by atoms with Gasteiger partial charge >= 0.3 is 30.1 Å². The highest BCUT2D eigenvalue weighted by Gasteiger charge is 2.37. The fraction of sp³-hybridized carbons (Fsp3) is 0.778. The summed E-state index contributed by atoms with van der Waals surface area (Å²) in [6.07, 6.45) is -0.658. The second-order valence-electron chi connectivity index (χ2n) is 9.18. The van der Waals surface area contributed by atoms with Gasteiger partial charge in [-0.3, -0.25) is 28.8 Å². The van der Waals surface area contributed by atoms with Crippen LogP contribution < -0.4 is 0 Å². The molecule has 10 nitrogen and oxygen atoms in total. The summed E-state index contributed by atoms with van der Waals surface area (Å²) in [5, 5.41) is 32.1. The van der Waals surface area contributed by atoms with Crippen LogP contribution in [0.4, 0.5) is 13.2 Å². The first-order chi connectivity index (χ1) is 18.9. The van der Waals surface area contributed by atoms with Crippen molar-refractivity contribution in [3.8, 4) is 0 Å². The molecule has 0 aliphatic carbocycles. The van der Waals surface area contributed by atoms with Crippen molar-refractivity contribution < 1.29 is 62.4 Å². The van der Waals surface area contributed by atoms with Crippen LogP contribution in [0.1, 0.15) is 113 Å². The molecular formula is C27H51F3O10S2. The van der Waals surface area contributed by atoms with E-state index in [9.17, 15) is 41.9 Å². The highest BCUT2D eigenvalue weighted by atomic mass is 32.1. The minimum Gasteiger partial charge on any atom is -0.481 e. The standard InChI is InChI=1S/C6H12O2.C5H7F3O2.C5H10O2.C4H8O2.C4H8OS.C3H6OS/c1-3-5(2)4-6(7)8;1-3(2-4(9)10)5(6,7)8;1-4(2)3-5(6)7;2*1-2-3-4(5)6;1-2-3(4)5/h5H,3-4H2,1-2H3,(H,7,8);3H,2H2,1H3,(H,9,10);4H,3H2,1-2H3,(H,6,7);2*2-3H2,1H3,(H,5,6);2H2,1H3,(H,4,5). The minimum absolute atomic E-state index is 0.0162. The molecule has 15 heteroatoms. The number of hydrogen-bond acceptors (Lipinski definition) is 6. The Balaban J connectivity index is -0.0000000940. The molecular weight excluding hydrogens is 605 g/mol. The van der Waals surface area contributed by atoms with Gasteiger partial charge in [-0.15, -0.1) is 25.3 Å². The molecule has 0 aromatic rings. The van der Waals surface area contributed by atoms with E-state index in [1.807, 2.05) is 41.5 Å². The molecule has 0 aromatic carbocycles. The number of carbonyl (C=O) groups is 6. The number of carboxylic acids is 4. The summed E-state index contributed by atoms with van der Waals surface area (Å²) in [5.41, 5.74) is 0. The number of halogens is 3. The summed E-state index contributed by atoms with van der Waals surface area (Å²) in [6, 6.07) is 0. The highest BCUT2D eigenvalue weighted by molar-refractivity contribution is 7.96. The summed E-state index contributed by atoms with van der Waals surface area (Å²) in [6.45, 7) is 14.1. The van der Waals surface area contributed by atoms with E-state index in [1.54, 1.807) is 6.92 Å². The van der Waals surface area contributed by atoms with Gasteiger partial charge in [-0.05, 0) is 24.7 Å². The third-order valence-electron chi connectivity index (χ3n) is 4.07. The SMILES string of the molecule is CC(C)CC(=O)O.CC(CC(=O)O)C(F)(F)F.CCC(=O)S.CCC(C)CC(=O)O.CCCC(=O)O.CCCC(=O)S. The Hall–Kier alpha value is -2.29. The van der Waals surface area contributed by atoms with E-state index in [1.165, 1.54) is 0 Å². The third-order valence-corrected chi connectivity index (χ3v) is 4.61. The zero-order valence-corrected chi connectivity index (χ0v) is 27.7. The average Bonchev–Trinajstić information content (AvgIpc) is 2.78. The van der Waals surface area contributed by atoms with E-state index in [-0.39, 0.29) is 22.6 Å². The van der Waals surface area contributed by atoms with Gasteiger partial charge in [-0.1, -0.05) is 61.8 Å². The first kappa shape index (κ1) is 52.4. The van der Waals surface area contributed by atoms with Gasteiger partial charge in [0.2, 0.25) is 0 Å². The topological polar surface area (TPSA) is 183 Å². The molecule has 252 valence electrons. The van der Waals surface area contributed by atoms with E-state index in [2.05, 4.69) is 25.3 Å². The monoisotopic (exact) mass is 656 g/mol. The van der Waals surface area contributed by atoms with Crippen molar-refractivity contribution in [3.05, 3.63) is 0 Å². The third kappa shape index (κ3) is 76.9. The van der Waals surface area contributed by atoms with Crippen LogP contribution >= 0.6 is 25.3 Å². The number of alkyl halides is 3. The lowest BCUT2D eigenvalue weighted by Crippen LogP contribution is -2.22. The summed E-state index contributed by atoms with van der Waals surface area (Å²) in [4.78, 5) is 58.7. The Morgan fingerprint density at radius 3 is 1.02 bits per heavy atom. The summed E-state index contributed by atoms with van der Waals surface area (Å²) < 4.78 is 34.6. The predicted octanol–water partition coefficient (Wildman–Crippen LogP) is 7.25. The van der Waals surface area contributed by atoms with Crippen molar-refractivity contribution >= 4 is 59.4 Å².